The van der Waals surface area contributed by atoms with Gasteiger partial charge in [0.1, 0.15) is 0 Å². The third-order valence-electron chi connectivity index (χ3n) is 7.86. The molecule has 1 heterocycles. The standard InChI is InChI=1S/C30H33N3O4S/c1-29(2)13-14-30(3,4)23-17-26-21(16-22(23)29)27(18-7-9-19(10-8-18)28(34)35)31-24-15-20(32-38(6,36)37)11-12-25(24)33(26)5/h7-12,15-17,32H,13-14H2,1-6H3,(H,34,35). The minimum absolute atomic E-state index is 0.0114. The zero-order valence-electron chi connectivity index (χ0n) is 22.6. The highest BCUT2D eigenvalue weighted by Gasteiger charge is 2.39. The fourth-order valence-corrected chi connectivity index (χ4v) is 6.10. The van der Waals surface area contributed by atoms with Gasteiger partial charge in [0.05, 0.1) is 40.3 Å². The zero-order chi connectivity index (χ0) is 27.6. The number of hydrogen-bond donors (Lipinski definition) is 2. The summed E-state index contributed by atoms with van der Waals surface area (Å²) in [5.74, 6) is -0.987. The van der Waals surface area contributed by atoms with Gasteiger partial charge in [-0.3, -0.25) is 4.72 Å². The lowest BCUT2D eigenvalue weighted by Crippen LogP contribution is -2.34. The largest absolute Gasteiger partial charge is 0.478 e. The lowest BCUT2D eigenvalue weighted by molar-refractivity contribution is 0.0697. The van der Waals surface area contributed by atoms with E-state index < -0.39 is 16.0 Å². The molecule has 5 rings (SSSR count). The van der Waals surface area contributed by atoms with Crippen LogP contribution in [0.25, 0.3) is 0 Å². The van der Waals surface area contributed by atoms with E-state index in [0.717, 1.165) is 41.6 Å². The second-order valence-corrected chi connectivity index (χ2v) is 13.4. The molecule has 0 fully saturated rings. The Morgan fingerprint density at radius 2 is 1.53 bits per heavy atom. The van der Waals surface area contributed by atoms with Gasteiger partial charge in [-0.15, -0.1) is 0 Å². The van der Waals surface area contributed by atoms with Crippen molar-refractivity contribution in [1.29, 1.82) is 0 Å². The Morgan fingerprint density at radius 1 is 0.921 bits per heavy atom. The second kappa shape index (κ2) is 8.70. The van der Waals surface area contributed by atoms with Crippen molar-refractivity contribution in [3.63, 3.8) is 0 Å². The maximum Gasteiger partial charge on any atom is 0.335 e. The van der Waals surface area contributed by atoms with Crippen LogP contribution in [-0.2, 0) is 20.9 Å². The number of rotatable bonds is 4. The summed E-state index contributed by atoms with van der Waals surface area (Å²) in [6, 6.07) is 16.6. The van der Waals surface area contributed by atoms with E-state index in [4.69, 9.17) is 4.99 Å². The highest BCUT2D eigenvalue weighted by molar-refractivity contribution is 7.92. The summed E-state index contributed by atoms with van der Waals surface area (Å²) < 4.78 is 26.4. The van der Waals surface area contributed by atoms with E-state index in [0.29, 0.717) is 17.1 Å². The molecule has 0 unspecified atom stereocenters. The number of nitrogens with one attached hydrogen (secondary N) is 1. The number of carbonyl (C=O) groups is 1. The van der Waals surface area contributed by atoms with Crippen molar-refractivity contribution in [2.24, 2.45) is 4.99 Å². The maximum atomic E-state index is 11.9. The number of anilines is 3. The molecule has 0 spiro atoms. The maximum absolute atomic E-state index is 11.9. The normalized spacial score (nSPS) is 17.4. The van der Waals surface area contributed by atoms with Crippen LogP contribution in [0.15, 0.2) is 59.6 Å². The molecule has 0 aromatic heterocycles. The third-order valence-corrected chi connectivity index (χ3v) is 8.47. The first-order valence-electron chi connectivity index (χ1n) is 12.6. The van der Waals surface area contributed by atoms with Crippen molar-refractivity contribution in [3.05, 3.63) is 82.4 Å². The Hall–Kier alpha value is -3.65. The molecular formula is C30H33N3O4S. The summed E-state index contributed by atoms with van der Waals surface area (Å²) in [5.41, 5.74) is 8.15. The van der Waals surface area contributed by atoms with E-state index in [-0.39, 0.29) is 16.4 Å². The predicted octanol–water partition coefficient (Wildman–Crippen LogP) is 6.36. The molecule has 0 bridgehead atoms. The van der Waals surface area contributed by atoms with Crippen LogP contribution >= 0.6 is 0 Å². The van der Waals surface area contributed by atoms with Crippen LogP contribution in [-0.4, -0.2) is 38.5 Å². The summed E-state index contributed by atoms with van der Waals surface area (Å²) in [6.07, 6.45) is 3.28. The smallest absolute Gasteiger partial charge is 0.335 e. The van der Waals surface area contributed by atoms with E-state index in [2.05, 4.69) is 49.4 Å². The van der Waals surface area contributed by atoms with Crippen LogP contribution in [0.5, 0.6) is 0 Å². The van der Waals surface area contributed by atoms with Crippen molar-refractivity contribution in [2.75, 3.05) is 22.9 Å². The summed E-state index contributed by atoms with van der Waals surface area (Å²) in [7, 11) is -1.46. The molecule has 2 N–H and O–H groups in total. The van der Waals surface area contributed by atoms with Crippen LogP contribution in [0.1, 0.15) is 73.1 Å². The average molecular weight is 532 g/mol. The Kier molecular flexibility index (Phi) is 5.95. The van der Waals surface area contributed by atoms with E-state index in [1.807, 2.05) is 13.1 Å². The van der Waals surface area contributed by atoms with Gasteiger partial charge in [0.15, 0.2) is 0 Å². The van der Waals surface area contributed by atoms with Gasteiger partial charge < -0.3 is 10.0 Å². The number of hydrogen-bond acceptors (Lipinski definition) is 5. The van der Waals surface area contributed by atoms with Crippen LogP contribution in [0, 0.1) is 0 Å². The number of carboxylic acid groups (broad SMARTS) is 1. The minimum Gasteiger partial charge on any atom is -0.478 e. The van der Waals surface area contributed by atoms with Gasteiger partial charge in [-0.05, 0) is 77.3 Å². The van der Waals surface area contributed by atoms with Crippen LogP contribution in [0.2, 0.25) is 0 Å². The zero-order valence-corrected chi connectivity index (χ0v) is 23.4. The Morgan fingerprint density at radius 3 is 2.11 bits per heavy atom. The molecule has 3 aromatic carbocycles. The highest BCUT2D eigenvalue weighted by Crippen LogP contribution is 2.50. The van der Waals surface area contributed by atoms with Gasteiger partial charge in [0.25, 0.3) is 0 Å². The van der Waals surface area contributed by atoms with Gasteiger partial charge in [0.2, 0.25) is 10.0 Å². The van der Waals surface area contributed by atoms with E-state index >= 15 is 0 Å². The van der Waals surface area contributed by atoms with Crippen molar-refractivity contribution >= 4 is 44.5 Å². The lowest BCUT2D eigenvalue weighted by Gasteiger charge is -2.43. The molecule has 2 aliphatic rings. The second-order valence-electron chi connectivity index (χ2n) is 11.7. The van der Waals surface area contributed by atoms with Crippen LogP contribution in [0.3, 0.4) is 0 Å². The van der Waals surface area contributed by atoms with Gasteiger partial charge in [-0.25, -0.2) is 18.2 Å². The lowest BCUT2D eigenvalue weighted by atomic mass is 9.62. The van der Waals surface area contributed by atoms with Gasteiger partial charge >= 0.3 is 5.97 Å². The summed E-state index contributed by atoms with van der Waals surface area (Å²) >= 11 is 0. The van der Waals surface area contributed by atoms with Crippen LogP contribution in [0.4, 0.5) is 22.7 Å². The summed E-state index contributed by atoms with van der Waals surface area (Å²) in [6.45, 7) is 9.15. The molecule has 1 aliphatic carbocycles. The number of fused-ring (bicyclic) bond motifs is 3. The van der Waals surface area contributed by atoms with Crippen LogP contribution < -0.4 is 9.62 Å². The van der Waals surface area contributed by atoms with Gasteiger partial charge in [0, 0.05) is 18.2 Å². The molecule has 0 atom stereocenters. The van der Waals surface area contributed by atoms with Crippen molar-refractivity contribution in [2.45, 2.75) is 51.4 Å². The molecule has 0 saturated heterocycles. The van der Waals surface area contributed by atoms with Crippen molar-refractivity contribution < 1.29 is 18.3 Å². The molecule has 0 radical (unpaired) electrons. The van der Waals surface area contributed by atoms with Crippen molar-refractivity contribution in [3.8, 4) is 0 Å². The monoisotopic (exact) mass is 531 g/mol. The first-order chi connectivity index (χ1) is 17.7. The highest BCUT2D eigenvalue weighted by atomic mass is 32.2. The first kappa shape index (κ1) is 26.0. The third kappa shape index (κ3) is 4.58. The minimum atomic E-state index is -3.46. The topological polar surface area (TPSA) is 99.1 Å². The molecular weight excluding hydrogens is 498 g/mol. The number of nitrogens with zero attached hydrogens (tertiary/aromatic N) is 2. The molecule has 198 valence electrons. The van der Waals surface area contributed by atoms with Crippen molar-refractivity contribution in [1.82, 2.24) is 0 Å². The molecule has 1 aliphatic heterocycles. The van der Waals surface area contributed by atoms with Gasteiger partial charge in [-0.1, -0.05) is 39.8 Å². The SMILES string of the molecule is CN1c2ccc(NS(C)(=O)=O)cc2N=C(c2ccc(C(=O)O)cc2)c2cc3c(cc21)C(C)(C)CCC3(C)C. The number of aliphatic imine (C=N–C) groups is 1. The Balaban J connectivity index is 1.80. The molecule has 3 aromatic rings. The predicted molar refractivity (Wildman–Crippen MR) is 153 cm³/mol. The number of carboxylic acids is 1. The first-order valence-corrected chi connectivity index (χ1v) is 14.5. The van der Waals surface area contributed by atoms with Gasteiger partial charge in [-0.2, -0.15) is 0 Å². The Labute approximate surface area is 224 Å². The molecule has 38 heavy (non-hydrogen) atoms. The van der Waals surface area contributed by atoms with E-state index in [1.165, 1.54) is 11.1 Å². The molecule has 7 nitrogen and oxygen atoms in total. The van der Waals surface area contributed by atoms with E-state index in [9.17, 15) is 18.3 Å². The quantitative estimate of drug-likeness (QED) is 0.408. The fraction of sp³-hybridized carbons (Fsp3) is 0.333. The number of aromatic carboxylic acids is 1. The Bertz CT molecular complexity index is 1600. The summed E-state index contributed by atoms with van der Waals surface area (Å²) in [4.78, 5) is 18.7. The molecule has 8 heteroatoms. The summed E-state index contributed by atoms with van der Waals surface area (Å²) in [5, 5.41) is 9.42. The fourth-order valence-electron chi connectivity index (χ4n) is 5.54. The molecule has 0 saturated carbocycles. The van der Waals surface area contributed by atoms with E-state index in [1.54, 1.807) is 36.4 Å². The number of benzene rings is 3. The average Bonchev–Trinajstić information content (AvgIpc) is 2.95. The number of sulfonamides is 1. The molecule has 0 amide bonds.